The molecule has 2 heterocycles. The summed E-state index contributed by atoms with van der Waals surface area (Å²) in [5, 5.41) is 2.85. The van der Waals surface area contributed by atoms with Gasteiger partial charge in [0.2, 0.25) is 5.91 Å². The molecular weight excluding hydrogens is 320 g/mol. The lowest BCUT2D eigenvalue weighted by molar-refractivity contribution is -0.151. The Hall–Kier alpha value is -2.08. The van der Waals surface area contributed by atoms with Crippen LogP contribution in [0.25, 0.3) is 0 Å². The van der Waals surface area contributed by atoms with Crippen LogP contribution >= 0.6 is 0 Å². The van der Waals surface area contributed by atoms with Crippen LogP contribution in [0.1, 0.15) is 37.7 Å². The Morgan fingerprint density at radius 3 is 3.08 bits per heavy atom. The maximum Gasteiger partial charge on any atom is 0.260 e. The molecule has 6 heteroatoms. The predicted molar refractivity (Wildman–Crippen MR) is 92.6 cm³/mol. The number of amides is 2. The van der Waals surface area contributed by atoms with Crippen molar-refractivity contribution < 1.29 is 19.1 Å². The van der Waals surface area contributed by atoms with E-state index in [-0.39, 0.29) is 30.6 Å². The molecule has 1 aliphatic carbocycles. The van der Waals surface area contributed by atoms with Crippen molar-refractivity contribution in [1.29, 1.82) is 0 Å². The number of carbonyl (C=O) groups excluding carboxylic acids is 2. The maximum atomic E-state index is 12.6. The standard InChI is InChI=1S/C19H24N2O4/c22-18-8-5-13-11-14(6-7-15(13)20-18)25-12-19(23)21-9-10-24-17-4-2-1-3-16(17)21/h6-7,11,16-17H,1-5,8-10,12H2,(H,20,22)/t16-,17-/m1/s1. The van der Waals surface area contributed by atoms with Gasteiger partial charge in [0, 0.05) is 18.7 Å². The number of nitrogens with one attached hydrogen (secondary N) is 1. The monoisotopic (exact) mass is 344 g/mol. The molecular formula is C19H24N2O4. The van der Waals surface area contributed by atoms with Crippen molar-refractivity contribution in [2.24, 2.45) is 0 Å². The van der Waals surface area contributed by atoms with Crippen molar-refractivity contribution in [3.63, 3.8) is 0 Å². The molecule has 134 valence electrons. The summed E-state index contributed by atoms with van der Waals surface area (Å²) in [6, 6.07) is 5.78. The number of benzene rings is 1. The van der Waals surface area contributed by atoms with Gasteiger partial charge in [0.25, 0.3) is 5.91 Å². The Bertz CT molecular complexity index is 673. The van der Waals surface area contributed by atoms with Gasteiger partial charge in [0.05, 0.1) is 18.8 Å². The zero-order chi connectivity index (χ0) is 17.2. The van der Waals surface area contributed by atoms with Gasteiger partial charge in [-0.05, 0) is 43.0 Å². The third-order valence-electron chi connectivity index (χ3n) is 5.39. The number of anilines is 1. The lowest BCUT2D eigenvalue weighted by atomic mass is 9.90. The first-order valence-electron chi connectivity index (χ1n) is 9.17. The number of rotatable bonds is 3. The molecule has 0 unspecified atom stereocenters. The third-order valence-corrected chi connectivity index (χ3v) is 5.39. The molecule has 0 bridgehead atoms. The van der Waals surface area contributed by atoms with Crippen molar-refractivity contribution in [3.8, 4) is 5.75 Å². The number of fused-ring (bicyclic) bond motifs is 2. The topological polar surface area (TPSA) is 67.9 Å². The van der Waals surface area contributed by atoms with Crippen LogP contribution < -0.4 is 10.1 Å². The van der Waals surface area contributed by atoms with E-state index in [0.717, 1.165) is 30.5 Å². The van der Waals surface area contributed by atoms with Crippen LogP contribution in [0.3, 0.4) is 0 Å². The molecule has 4 rings (SSSR count). The van der Waals surface area contributed by atoms with Crippen molar-refractivity contribution in [3.05, 3.63) is 23.8 Å². The Labute approximate surface area is 147 Å². The molecule has 6 nitrogen and oxygen atoms in total. The highest BCUT2D eigenvalue weighted by Gasteiger charge is 2.36. The number of hydrogen-bond acceptors (Lipinski definition) is 4. The van der Waals surface area contributed by atoms with Crippen molar-refractivity contribution in [1.82, 2.24) is 4.90 Å². The summed E-state index contributed by atoms with van der Waals surface area (Å²) < 4.78 is 11.6. The van der Waals surface area contributed by atoms with Crippen LogP contribution in [-0.2, 0) is 20.7 Å². The molecule has 0 aromatic heterocycles. The molecule has 0 spiro atoms. The summed E-state index contributed by atoms with van der Waals surface area (Å²) in [7, 11) is 0. The largest absolute Gasteiger partial charge is 0.484 e. The number of hydrogen-bond donors (Lipinski definition) is 1. The molecule has 3 aliphatic rings. The number of morpholine rings is 1. The highest BCUT2D eigenvalue weighted by molar-refractivity contribution is 5.94. The average Bonchev–Trinajstić information content (AvgIpc) is 2.65. The second-order valence-electron chi connectivity index (χ2n) is 7.00. The van der Waals surface area contributed by atoms with Crippen molar-refractivity contribution in [2.75, 3.05) is 25.1 Å². The van der Waals surface area contributed by atoms with Crippen molar-refractivity contribution in [2.45, 2.75) is 50.7 Å². The quantitative estimate of drug-likeness (QED) is 0.912. The molecule has 1 aromatic rings. The molecule has 1 saturated carbocycles. The van der Waals surface area contributed by atoms with Crippen LogP contribution in [0.2, 0.25) is 0 Å². The molecule has 1 N–H and O–H groups in total. The van der Waals surface area contributed by atoms with Crippen LogP contribution in [0.4, 0.5) is 5.69 Å². The van der Waals surface area contributed by atoms with Gasteiger partial charge in [-0.1, -0.05) is 12.8 Å². The van der Waals surface area contributed by atoms with Gasteiger partial charge in [-0.25, -0.2) is 0 Å². The molecule has 2 aliphatic heterocycles. The van der Waals surface area contributed by atoms with Gasteiger partial charge < -0.3 is 19.7 Å². The molecule has 0 radical (unpaired) electrons. The minimum absolute atomic E-state index is 0.0335. The fourth-order valence-electron chi connectivity index (χ4n) is 4.08. The van der Waals surface area contributed by atoms with E-state index in [1.165, 1.54) is 6.42 Å². The third kappa shape index (κ3) is 3.49. The zero-order valence-corrected chi connectivity index (χ0v) is 14.3. The van der Waals surface area contributed by atoms with Gasteiger partial charge >= 0.3 is 0 Å². The van der Waals surface area contributed by atoms with Crippen molar-refractivity contribution >= 4 is 17.5 Å². The van der Waals surface area contributed by atoms with E-state index in [2.05, 4.69) is 5.32 Å². The fraction of sp³-hybridized carbons (Fsp3) is 0.579. The predicted octanol–water partition coefficient (Wildman–Crippen LogP) is 2.12. The van der Waals surface area contributed by atoms with E-state index in [0.29, 0.717) is 31.7 Å². The maximum absolute atomic E-state index is 12.6. The first-order valence-corrected chi connectivity index (χ1v) is 9.17. The lowest BCUT2D eigenvalue weighted by Crippen LogP contribution is -2.55. The SMILES string of the molecule is O=C1CCc2cc(OCC(=O)N3CCO[C@@H]4CCCC[C@H]43)ccc2N1. The fourth-order valence-corrected chi connectivity index (χ4v) is 4.08. The van der Waals surface area contributed by atoms with Gasteiger partial charge in [-0.2, -0.15) is 0 Å². The summed E-state index contributed by atoms with van der Waals surface area (Å²) in [6.45, 7) is 1.32. The van der Waals surface area contributed by atoms with Gasteiger partial charge in [0.15, 0.2) is 6.61 Å². The smallest absolute Gasteiger partial charge is 0.260 e. The second kappa shape index (κ2) is 7.04. The normalized spacial score (nSPS) is 25.6. The second-order valence-corrected chi connectivity index (χ2v) is 7.00. The molecule has 2 fully saturated rings. The summed E-state index contributed by atoms with van der Waals surface area (Å²) in [5.41, 5.74) is 1.90. The number of ether oxygens (including phenoxy) is 2. The van der Waals surface area contributed by atoms with E-state index in [9.17, 15) is 9.59 Å². The Balaban J connectivity index is 1.37. The minimum atomic E-state index is 0.0335. The van der Waals surface area contributed by atoms with E-state index < -0.39 is 0 Å². The molecule has 25 heavy (non-hydrogen) atoms. The van der Waals surface area contributed by atoms with Crippen LogP contribution in [-0.4, -0.2) is 48.6 Å². The molecule has 2 atom stereocenters. The van der Waals surface area contributed by atoms with Gasteiger partial charge in [0.1, 0.15) is 5.75 Å². The first-order chi connectivity index (χ1) is 12.2. The first kappa shape index (κ1) is 16.4. The summed E-state index contributed by atoms with van der Waals surface area (Å²) in [4.78, 5) is 26.0. The highest BCUT2D eigenvalue weighted by atomic mass is 16.5. The highest BCUT2D eigenvalue weighted by Crippen LogP contribution is 2.29. The van der Waals surface area contributed by atoms with E-state index in [1.54, 1.807) is 6.07 Å². The van der Waals surface area contributed by atoms with E-state index in [1.807, 2.05) is 17.0 Å². The number of aryl methyl sites for hydroxylation is 1. The molecule has 2 amide bonds. The Kier molecular flexibility index (Phi) is 4.61. The summed E-state index contributed by atoms with van der Waals surface area (Å²) in [5.74, 6) is 0.758. The van der Waals surface area contributed by atoms with E-state index >= 15 is 0 Å². The number of nitrogens with zero attached hydrogens (tertiary/aromatic N) is 1. The summed E-state index contributed by atoms with van der Waals surface area (Å²) >= 11 is 0. The van der Waals surface area contributed by atoms with E-state index in [4.69, 9.17) is 9.47 Å². The van der Waals surface area contributed by atoms with Crippen LogP contribution in [0.15, 0.2) is 18.2 Å². The Morgan fingerprint density at radius 1 is 1.28 bits per heavy atom. The average molecular weight is 344 g/mol. The minimum Gasteiger partial charge on any atom is -0.484 e. The molecule has 1 aromatic carbocycles. The number of carbonyl (C=O) groups is 2. The summed E-state index contributed by atoms with van der Waals surface area (Å²) in [6.07, 6.45) is 5.81. The van der Waals surface area contributed by atoms with Crippen LogP contribution in [0, 0.1) is 0 Å². The van der Waals surface area contributed by atoms with Crippen LogP contribution in [0.5, 0.6) is 5.75 Å². The zero-order valence-electron chi connectivity index (χ0n) is 14.3. The van der Waals surface area contributed by atoms with Gasteiger partial charge in [-0.15, -0.1) is 0 Å². The lowest BCUT2D eigenvalue weighted by Gasteiger charge is -2.43. The van der Waals surface area contributed by atoms with Gasteiger partial charge in [-0.3, -0.25) is 9.59 Å². The molecule has 1 saturated heterocycles. The Morgan fingerprint density at radius 2 is 2.16 bits per heavy atom.